The van der Waals surface area contributed by atoms with Crippen LogP contribution < -0.4 is 10.2 Å². The Balaban J connectivity index is 0.00000115. The van der Waals surface area contributed by atoms with E-state index in [0.29, 0.717) is 22.2 Å². The summed E-state index contributed by atoms with van der Waals surface area (Å²) in [6.45, 7) is 4.54. The molecule has 184 valence electrons. The predicted molar refractivity (Wildman–Crippen MR) is 141 cm³/mol. The van der Waals surface area contributed by atoms with Crippen molar-refractivity contribution in [3.63, 3.8) is 0 Å². The number of halogens is 2. The zero-order chi connectivity index (χ0) is 26.2. The summed E-state index contributed by atoms with van der Waals surface area (Å²) in [6.07, 6.45) is 0.250. The van der Waals surface area contributed by atoms with Gasteiger partial charge in [0.05, 0.1) is 11.4 Å². The molecule has 0 fully saturated rings. The van der Waals surface area contributed by atoms with Gasteiger partial charge in [0.15, 0.2) is 0 Å². The fourth-order valence-electron chi connectivity index (χ4n) is 3.56. The lowest BCUT2D eigenvalue weighted by Gasteiger charge is -2.20. The monoisotopic (exact) mass is 522 g/mol. The van der Waals surface area contributed by atoms with E-state index in [1.807, 2.05) is 78.2 Å². The van der Waals surface area contributed by atoms with E-state index in [9.17, 15) is 4.79 Å². The largest absolute Gasteiger partial charge is 0.373 e. The number of nitrogens with one attached hydrogen (secondary N) is 1. The number of amides is 1. The predicted octanol–water partition coefficient (Wildman–Crippen LogP) is 6.09. The fourth-order valence-corrected chi connectivity index (χ4v) is 4.09. The van der Waals surface area contributed by atoms with E-state index in [2.05, 4.69) is 24.4 Å². The van der Waals surface area contributed by atoms with Crippen molar-refractivity contribution in [3.05, 3.63) is 94.0 Å². The highest BCUT2D eigenvalue weighted by Crippen LogP contribution is 2.33. The number of carbonyl (C=O) groups is 1. The molecule has 1 aromatic heterocycles. The molecule has 0 aliphatic rings. The molecule has 1 N–H and O–H groups in total. The molecular formula is C27H24Cl2N4O3. The average Bonchev–Trinajstić information content (AvgIpc) is 3.30. The average molecular weight is 523 g/mol. The highest BCUT2D eigenvalue weighted by molar-refractivity contribution is 6.35. The molecule has 4 rings (SSSR count). The van der Waals surface area contributed by atoms with Crippen molar-refractivity contribution in [3.8, 4) is 16.9 Å². The second-order valence-corrected chi connectivity index (χ2v) is 8.71. The Morgan fingerprint density at radius 3 is 2.11 bits per heavy atom. The summed E-state index contributed by atoms with van der Waals surface area (Å²) in [4.78, 5) is 30.4. The first-order valence-electron chi connectivity index (χ1n) is 11.0. The van der Waals surface area contributed by atoms with Crippen LogP contribution in [0.4, 0.5) is 11.5 Å². The molecule has 0 saturated heterocycles. The molecule has 0 aliphatic heterocycles. The Kier molecular flexibility index (Phi) is 9.03. The molecule has 0 saturated carbocycles. The van der Waals surface area contributed by atoms with E-state index in [0.717, 1.165) is 28.5 Å². The minimum absolute atomic E-state index is 0.0866. The molecule has 0 unspecified atom stereocenters. The van der Waals surface area contributed by atoms with Crippen LogP contribution in [0, 0.1) is 6.92 Å². The molecule has 0 atom stereocenters. The second-order valence-electron chi connectivity index (χ2n) is 7.84. The van der Waals surface area contributed by atoms with Crippen LogP contribution in [0.25, 0.3) is 16.9 Å². The first-order chi connectivity index (χ1) is 17.3. The topological polar surface area (TPSA) is 84.3 Å². The summed E-state index contributed by atoms with van der Waals surface area (Å²) in [7, 11) is 1.97. The third kappa shape index (κ3) is 6.40. The third-order valence-electron chi connectivity index (χ3n) is 5.33. The lowest BCUT2D eigenvalue weighted by atomic mass is 10.1. The van der Waals surface area contributed by atoms with Gasteiger partial charge in [-0.2, -0.15) is 14.7 Å². The number of aromatic nitrogens is 2. The van der Waals surface area contributed by atoms with Crippen LogP contribution in [-0.4, -0.2) is 35.4 Å². The fraction of sp³-hybridized carbons (Fsp3) is 0.148. The maximum Gasteiger partial charge on any atom is 0.373 e. The summed E-state index contributed by atoms with van der Waals surface area (Å²) < 4.78 is 1.89. The molecule has 1 heterocycles. The zero-order valence-corrected chi connectivity index (χ0v) is 21.5. The first kappa shape index (κ1) is 26.7. The van der Waals surface area contributed by atoms with Crippen LogP contribution in [0.2, 0.25) is 10.0 Å². The lowest BCUT2D eigenvalue weighted by molar-refractivity contribution is -0.191. The van der Waals surface area contributed by atoms with Gasteiger partial charge < -0.3 is 10.2 Å². The van der Waals surface area contributed by atoms with E-state index < -0.39 is 0 Å². The first-order valence-corrected chi connectivity index (χ1v) is 11.8. The Morgan fingerprint density at radius 1 is 0.972 bits per heavy atom. The molecule has 36 heavy (non-hydrogen) atoms. The highest BCUT2D eigenvalue weighted by Gasteiger charge is 2.17. The van der Waals surface area contributed by atoms with Gasteiger partial charge in [-0.25, -0.2) is 4.68 Å². The number of hydrogen-bond acceptors (Lipinski definition) is 5. The summed E-state index contributed by atoms with van der Waals surface area (Å²) in [5, 5.41) is 8.80. The van der Waals surface area contributed by atoms with E-state index in [1.54, 1.807) is 6.07 Å². The number of carbonyl (C=O) groups excluding carboxylic acids is 3. The van der Waals surface area contributed by atoms with Gasteiger partial charge in [-0.15, -0.1) is 0 Å². The van der Waals surface area contributed by atoms with Crippen molar-refractivity contribution in [2.75, 3.05) is 18.5 Å². The smallest absolute Gasteiger partial charge is 0.352 e. The molecular weight excluding hydrogens is 499 g/mol. The van der Waals surface area contributed by atoms with Crippen molar-refractivity contribution in [1.29, 1.82) is 0 Å². The molecule has 4 aromatic rings. The molecule has 0 aliphatic carbocycles. The molecule has 3 aromatic carbocycles. The maximum absolute atomic E-state index is 12.1. The van der Waals surface area contributed by atoms with E-state index in [1.165, 1.54) is 5.56 Å². The molecule has 0 spiro atoms. The number of rotatable bonds is 6. The van der Waals surface area contributed by atoms with Crippen LogP contribution in [0.15, 0.2) is 72.8 Å². The molecule has 1 amide bonds. The van der Waals surface area contributed by atoms with Gasteiger partial charge in [0, 0.05) is 46.5 Å². The van der Waals surface area contributed by atoms with Crippen molar-refractivity contribution in [2.45, 2.75) is 13.8 Å². The highest BCUT2D eigenvalue weighted by atomic mass is 35.5. The number of anilines is 2. The minimum atomic E-state index is -0.0866. The maximum atomic E-state index is 12.1. The van der Waals surface area contributed by atoms with E-state index in [4.69, 9.17) is 37.9 Å². The zero-order valence-electron chi connectivity index (χ0n) is 20.0. The quantitative estimate of drug-likeness (QED) is 0.331. The number of aryl methyl sites for hydroxylation is 1. The number of hydrogen-bond donors (Lipinski definition) is 1. The van der Waals surface area contributed by atoms with Gasteiger partial charge in [-0.05, 0) is 68.4 Å². The Labute approximate surface area is 219 Å². The summed E-state index contributed by atoms with van der Waals surface area (Å²) in [5.41, 5.74) is 5.23. The minimum Gasteiger partial charge on any atom is -0.352 e. The second kappa shape index (κ2) is 12.2. The molecule has 0 radical (unpaired) electrons. The van der Waals surface area contributed by atoms with Gasteiger partial charge in [-0.3, -0.25) is 4.79 Å². The van der Waals surface area contributed by atoms with Crippen LogP contribution in [0.3, 0.4) is 0 Å². The van der Waals surface area contributed by atoms with Crippen LogP contribution in [-0.2, 0) is 9.59 Å². The standard InChI is InChI=1S/C26H24Cl2N4O.CO2/c1-4-29-26(33)18-7-11-22(12-8-18)31(3)25-16-24(19-13-20(27)15-21(28)14-19)30-32(25)23-9-5-17(2)6-10-23;2-1-3/h5-16H,4H2,1-3H3,(H,29,33);. The van der Waals surface area contributed by atoms with Gasteiger partial charge in [0.1, 0.15) is 5.82 Å². The van der Waals surface area contributed by atoms with E-state index in [-0.39, 0.29) is 12.1 Å². The van der Waals surface area contributed by atoms with Crippen molar-refractivity contribution >= 4 is 46.8 Å². The summed E-state index contributed by atoms with van der Waals surface area (Å²) in [6, 6.07) is 23.1. The van der Waals surface area contributed by atoms with Crippen LogP contribution in [0.5, 0.6) is 0 Å². The van der Waals surface area contributed by atoms with Gasteiger partial charge in [-0.1, -0.05) is 40.9 Å². The van der Waals surface area contributed by atoms with E-state index >= 15 is 0 Å². The number of benzene rings is 3. The Hall–Kier alpha value is -3.90. The third-order valence-corrected chi connectivity index (χ3v) is 5.76. The number of nitrogens with zero attached hydrogens (tertiary/aromatic N) is 3. The van der Waals surface area contributed by atoms with Crippen molar-refractivity contribution in [1.82, 2.24) is 15.1 Å². The van der Waals surface area contributed by atoms with Crippen molar-refractivity contribution in [2.24, 2.45) is 0 Å². The van der Waals surface area contributed by atoms with Gasteiger partial charge >= 0.3 is 6.15 Å². The summed E-state index contributed by atoms with van der Waals surface area (Å²) in [5.74, 6) is 0.771. The lowest BCUT2D eigenvalue weighted by Crippen LogP contribution is -2.22. The van der Waals surface area contributed by atoms with Gasteiger partial charge in [0.2, 0.25) is 0 Å². The molecule has 9 heteroatoms. The normalized spacial score (nSPS) is 10.1. The molecule has 7 nitrogen and oxygen atoms in total. The van der Waals surface area contributed by atoms with Crippen LogP contribution in [0.1, 0.15) is 22.8 Å². The SMILES string of the molecule is CCNC(=O)c1ccc(N(C)c2cc(-c3cc(Cl)cc(Cl)c3)nn2-c2ccc(C)cc2)cc1.O=C=O. The van der Waals surface area contributed by atoms with Crippen molar-refractivity contribution < 1.29 is 14.4 Å². The van der Waals surface area contributed by atoms with Crippen LogP contribution >= 0.6 is 23.2 Å². The Morgan fingerprint density at radius 2 is 1.56 bits per heavy atom. The van der Waals surface area contributed by atoms with Gasteiger partial charge in [0.25, 0.3) is 5.91 Å². The Bertz CT molecular complexity index is 1360. The summed E-state index contributed by atoms with van der Waals surface area (Å²) >= 11 is 12.5. The molecule has 0 bridgehead atoms.